The first kappa shape index (κ1) is 38.5. The third-order valence-corrected chi connectivity index (χ3v) is 13.3. The monoisotopic (exact) mass is 855 g/mol. The smallest absolute Gasteiger partial charge is 0.136 e. The van der Waals surface area contributed by atoms with Crippen LogP contribution in [-0.4, -0.2) is 0 Å². The number of anilines is 3. The molecule has 2 heterocycles. The van der Waals surface area contributed by atoms with E-state index >= 15 is 0 Å². The molecule has 3 heteroatoms. The van der Waals surface area contributed by atoms with Crippen LogP contribution in [0.4, 0.5) is 17.1 Å². The minimum absolute atomic E-state index is 0.868. The van der Waals surface area contributed by atoms with Gasteiger partial charge in [0.2, 0.25) is 0 Å². The Bertz CT molecular complexity index is 3960. The largest absolute Gasteiger partial charge is 0.456 e. The lowest BCUT2D eigenvalue weighted by molar-refractivity contribution is 0.669. The minimum atomic E-state index is 0.868. The van der Waals surface area contributed by atoms with Gasteiger partial charge >= 0.3 is 0 Å². The number of furan rings is 2. The first-order chi connectivity index (χ1) is 33.2. The van der Waals surface area contributed by atoms with Crippen LogP contribution in [0.2, 0.25) is 0 Å². The van der Waals surface area contributed by atoms with Crippen molar-refractivity contribution in [1.29, 1.82) is 0 Å². The molecule has 13 rings (SSSR count). The molecule has 0 N–H and O–H groups in total. The molecule has 0 aliphatic rings. The van der Waals surface area contributed by atoms with Crippen molar-refractivity contribution in [3.05, 3.63) is 249 Å². The van der Waals surface area contributed by atoms with E-state index in [1.807, 2.05) is 12.1 Å². The molecule has 67 heavy (non-hydrogen) atoms. The van der Waals surface area contributed by atoms with Crippen LogP contribution in [0.15, 0.2) is 258 Å². The van der Waals surface area contributed by atoms with E-state index in [9.17, 15) is 0 Å². The average molecular weight is 856 g/mol. The zero-order chi connectivity index (χ0) is 44.3. The lowest BCUT2D eigenvalue weighted by atomic mass is 9.91. The van der Waals surface area contributed by atoms with Crippen molar-refractivity contribution in [1.82, 2.24) is 0 Å². The minimum Gasteiger partial charge on any atom is -0.456 e. The summed E-state index contributed by atoms with van der Waals surface area (Å²) in [5, 5.41) is 6.82. The van der Waals surface area contributed by atoms with Crippen LogP contribution in [0.25, 0.3) is 110 Å². The Morgan fingerprint density at radius 1 is 0.254 bits per heavy atom. The molecule has 0 amide bonds. The highest BCUT2D eigenvalue weighted by molar-refractivity contribution is 6.16. The zero-order valence-electron chi connectivity index (χ0n) is 36.4. The van der Waals surface area contributed by atoms with E-state index in [0.29, 0.717) is 0 Å². The average Bonchev–Trinajstić information content (AvgIpc) is 3.96. The first-order valence-corrected chi connectivity index (χ1v) is 22.8. The van der Waals surface area contributed by atoms with E-state index in [0.717, 1.165) is 99.7 Å². The Morgan fingerprint density at radius 2 is 0.776 bits per heavy atom. The molecular weight excluding hydrogens is 815 g/mol. The highest BCUT2D eigenvalue weighted by Crippen LogP contribution is 2.46. The number of para-hydroxylation sites is 2. The normalized spacial score (nSPS) is 11.6. The maximum Gasteiger partial charge on any atom is 0.136 e. The van der Waals surface area contributed by atoms with E-state index in [4.69, 9.17) is 8.83 Å². The van der Waals surface area contributed by atoms with E-state index in [2.05, 4.69) is 241 Å². The van der Waals surface area contributed by atoms with Gasteiger partial charge in [0.15, 0.2) is 0 Å². The number of benzene rings is 11. The third-order valence-electron chi connectivity index (χ3n) is 13.3. The second-order valence-electron chi connectivity index (χ2n) is 17.2. The molecule has 0 atom stereocenters. The third kappa shape index (κ3) is 6.76. The van der Waals surface area contributed by atoms with Gasteiger partial charge in [0, 0.05) is 38.5 Å². The van der Waals surface area contributed by atoms with Gasteiger partial charge in [-0.2, -0.15) is 0 Å². The molecule has 0 spiro atoms. The molecule has 0 saturated carbocycles. The van der Waals surface area contributed by atoms with Crippen LogP contribution in [0.1, 0.15) is 0 Å². The van der Waals surface area contributed by atoms with E-state index in [-0.39, 0.29) is 0 Å². The van der Waals surface area contributed by atoms with Crippen molar-refractivity contribution in [3.63, 3.8) is 0 Å². The number of rotatable bonds is 8. The first-order valence-electron chi connectivity index (χ1n) is 22.8. The number of fused-ring (bicyclic) bond motifs is 7. The summed E-state index contributed by atoms with van der Waals surface area (Å²) in [5.74, 6) is 0. The molecule has 3 nitrogen and oxygen atoms in total. The highest BCUT2D eigenvalue weighted by atomic mass is 16.3. The lowest BCUT2D eigenvalue weighted by Gasteiger charge is -2.28. The summed E-state index contributed by atoms with van der Waals surface area (Å²) in [5.41, 5.74) is 18.3. The number of hydrogen-bond donors (Lipinski definition) is 0. The predicted octanol–water partition coefficient (Wildman–Crippen LogP) is 18.4. The molecule has 2 aromatic heterocycles. The van der Waals surface area contributed by atoms with E-state index in [1.54, 1.807) is 0 Å². The molecule has 0 unspecified atom stereocenters. The van der Waals surface area contributed by atoms with Gasteiger partial charge in [-0.25, -0.2) is 0 Å². The molecule has 0 fully saturated rings. The second kappa shape index (κ2) is 16.0. The van der Waals surface area contributed by atoms with Crippen molar-refractivity contribution in [2.24, 2.45) is 0 Å². The van der Waals surface area contributed by atoms with Gasteiger partial charge in [0.05, 0.1) is 5.69 Å². The quantitative estimate of drug-likeness (QED) is 0.152. The molecule has 0 saturated heterocycles. The van der Waals surface area contributed by atoms with Crippen LogP contribution in [0.5, 0.6) is 0 Å². The summed E-state index contributed by atoms with van der Waals surface area (Å²) in [7, 11) is 0. The van der Waals surface area contributed by atoms with Crippen LogP contribution in [-0.2, 0) is 0 Å². The fourth-order valence-electron chi connectivity index (χ4n) is 10.0. The highest BCUT2D eigenvalue weighted by Gasteiger charge is 2.21. The summed E-state index contributed by atoms with van der Waals surface area (Å²) in [6, 6.07) is 89.0. The fourth-order valence-corrected chi connectivity index (χ4v) is 10.0. The molecule has 11 aromatic carbocycles. The van der Waals surface area contributed by atoms with Crippen molar-refractivity contribution in [3.8, 4) is 55.6 Å². The van der Waals surface area contributed by atoms with Crippen molar-refractivity contribution in [2.75, 3.05) is 4.90 Å². The van der Waals surface area contributed by atoms with E-state index < -0.39 is 0 Å². The Balaban J connectivity index is 0.948. The molecular formula is C64H41NO2. The topological polar surface area (TPSA) is 29.5 Å². The molecule has 0 bridgehead atoms. The SMILES string of the molecule is c1ccc(-c2ccc(-c3ccc(N(c4ccc(-c5ccc6c(c5)oc5ccccc56)cc4)c4ccccc4-c4cccc5oc6cc7ccccc7cc6c45)cc3)cc2-c2ccccc2)cc1. The number of nitrogens with zero attached hydrogens (tertiary/aromatic N) is 1. The van der Waals surface area contributed by atoms with Crippen molar-refractivity contribution >= 4 is 71.7 Å². The van der Waals surface area contributed by atoms with Gasteiger partial charge in [-0.05, 0) is 134 Å². The van der Waals surface area contributed by atoms with Gasteiger partial charge in [-0.15, -0.1) is 0 Å². The molecule has 13 aromatic rings. The van der Waals surface area contributed by atoms with E-state index in [1.165, 1.54) is 27.6 Å². The van der Waals surface area contributed by atoms with Crippen molar-refractivity contribution < 1.29 is 8.83 Å². The Hall–Kier alpha value is -8.92. The fraction of sp³-hybridized carbons (Fsp3) is 0. The second-order valence-corrected chi connectivity index (χ2v) is 17.2. The maximum absolute atomic E-state index is 6.60. The summed E-state index contributed by atoms with van der Waals surface area (Å²) < 4.78 is 12.9. The molecule has 0 aliphatic heterocycles. The maximum atomic E-state index is 6.60. The summed E-state index contributed by atoms with van der Waals surface area (Å²) >= 11 is 0. The number of hydrogen-bond acceptors (Lipinski definition) is 3. The van der Waals surface area contributed by atoms with Crippen LogP contribution >= 0.6 is 0 Å². The standard InChI is InChI=1S/C64H41NO2/c1-3-14-44(15-4-1)52-36-30-48(38-57(52)45-16-5-2-6-17-45)42-26-32-50(33-27-42)65(51-34-28-43(29-35-51)49-31-37-55-54-21-10-12-24-60(54)66-62(55)41-49)59-23-11-9-20-53(59)56-22-13-25-61-64(56)58-39-46-18-7-8-19-47(46)40-63(58)67-61/h1-41H. The Morgan fingerprint density at radius 3 is 1.52 bits per heavy atom. The lowest BCUT2D eigenvalue weighted by Crippen LogP contribution is -2.11. The van der Waals surface area contributed by atoms with Crippen LogP contribution in [0, 0.1) is 0 Å². The molecule has 0 radical (unpaired) electrons. The van der Waals surface area contributed by atoms with Gasteiger partial charge in [-0.1, -0.05) is 176 Å². The van der Waals surface area contributed by atoms with Crippen LogP contribution in [0.3, 0.4) is 0 Å². The molecule has 0 aliphatic carbocycles. The zero-order valence-corrected chi connectivity index (χ0v) is 36.4. The summed E-state index contributed by atoms with van der Waals surface area (Å²) in [4.78, 5) is 2.38. The van der Waals surface area contributed by atoms with Gasteiger partial charge in [0.1, 0.15) is 22.3 Å². The summed E-state index contributed by atoms with van der Waals surface area (Å²) in [6.07, 6.45) is 0. The predicted molar refractivity (Wildman–Crippen MR) is 280 cm³/mol. The van der Waals surface area contributed by atoms with Gasteiger partial charge < -0.3 is 13.7 Å². The Labute approximate surface area is 388 Å². The van der Waals surface area contributed by atoms with Gasteiger partial charge in [0.25, 0.3) is 0 Å². The van der Waals surface area contributed by atoms with Gasteiger partial charge in [-0.3, -0.25) is 0 Å². The van der Waals surface area contributed by atoms with Crippen LogP contribution < -0.4 is 4.90 Å². The summed E-state index contributed by atoms with van der Waals surface area (Å²) in [6.45, 7) is 0. The van der Waals surface area contributed by atoms with Crippen molar-refractivity contribution in [2.45, 2.75) is 0 Å². The molecule has 314 valence electrons. The Kier molecular flexibility index (Phi) is 9.17.